The third kappa shape index (κ3) is 2.58. The van der Waals surface area contributed by atoms with E-state index >= 15 is 0 Å². The van der Waals surface area contributed by atoms with Crippen LogP contribution in [0.2, 0.25) is 0 Å². The molecule has 1 saturated heterocycles. The van der Waals surface area contributed by atoms with Crippen LogP contribution in [0, 0.1) is 0 Å². The number of nitrogens with zero attached hydrogens (tertiary/aromatic N) is 1. The highest BCUT2D eigenvalue weighted by Crippen LogP contribution is 2.25. The molecule has 0 aromatic carbocycles. The van der Waals surface area contributed by atoms with Gasteiger partial charge in [0, 0.05) is 24.5 Å². The van der Waals surface area contributed by atoms with E-state index in [-0.39, 0.29) is 0 Å². The van der Waals surface area contributed by atoms with Gasteiger partial charge in [0.05, 0.1) is 18.8 Å². The lowest BCUT2D eigenvalue weighted by Gasteiger charge is -2.36. The molecule has 1 aliphatic heterocycles. The Morgan fingerprint density at radius 2 is 2.60 bits per heavy atom. The van der Waals surface area contributed by atoms with Crippen molar-refractivity contribution in [2.45, 2.75) is 19.1 Å². The van der Waals surface area contributed by atoms with E-state index in [1.807, 2.05) is 0 Å². The van der Waals surface area contributed by atoms with Crippen molar-refractivity contribution in [1.29, 1.82) is 0 Å². The van der Waals surface area contributed by atoms with Crippen molar-refractivity contribution in [3.05, 3.63) is 22.4 Å². The van der Waals surface area contributed by atoms with E-state index in [0.29, 0.717) is 18.7 Å². The van der Waals surface area contributed by atoms with Gasteiger partial charge in [-0.3, -0.25) is 4.90 Å². The quantitative estimate of drug-likeness (QED) is 0.848. The number of thiophene rings is 1. The van der Waals surface area contributed by atoms with Gasteiger partial charge >= 0.3 is 0 Å². The summed E-state index contributed by atoms with van der Waals surface area (Å²) in [5.74, 6) is 0. The fourth-order valence-corrected chi connectivity index (χ4v) is 2.93. The molecular formula is C11H18N2OS. The Hall–Kier alpha value is -0.420. The molecule has 84 valence electrons. The molecule has 1 aromatic rings. The molecule has 4 heteroatoms. The summed E-state index contributed by atoms with van der Waals surface area (Å²) in [6.45, 7) is 5.61. The zero-order chi connectivity index (χ0) is 10.7. The maximum absolute atomic E-state index is 5.86. The number of rotatable bonds is 3. The van der Waals surface area contributed by atoms with Crippen molar-refractivity contribution in [2.24, 2.45) is 5.73 Å². The minimum atomic E-state index is 0.327. The predicted molar refractivity (Wildman–Crippen MR) is 63.1 cm³/mol. The fraction of sp³-hybridized carbons (Fsp3) is 0.636. The molecule has 1 fully saturated rings. The Balaban J connectivity index is 2.06. The number of nitrogens with two attached hydrogens (primary N) is 1. The summed E-state index contributed by atoms with van der Waals surface area (Å²) < 4.78 is 5.54. The minimum absolute atomic E-state index is 0.327. The second-order valence-corrected chi connectivity index (χ2v) is 4.92. The van der Waals surface area contributed by atoms with Gasteiger partial charge in [-0.15, -0.1) is 11.3 Å². The highest BCUT2D eigenvalue weighted by Gasteiger charge is 2.24. The Morgan fingerprint density at radius 1 is 1.73 bits per heavy atom. The van der Waals surface area contributed by atoms with Gasteiger partial charge in [-0.1, -0.05) is 6.07 Å². The Morgan fingerprint density at radius 3 is 3.20 bits per heavy atom. The molecule has 0 radical (unpaired) electrons. The number of hydrogen-bond acceptors (Lipinski definition) is 4. The van der Waals surface area contributed by atoms with Crippen LogP contribution in [-0.2, 0) is 4.74 Å². The van der Waals surface area contributed by atoms with Crippen LogP contribution >= 0.6 is 11.3 Å². The smallest absolute Gasteiger partial charge is 0.0674 e. The predicted octanol–water partition coefficient (Wildman–Crippen LogP) is 1.47. The van der Waals surface area contributed by atoms with Crippen LogP contribution in [0.3, 0.4) is 0 Å². The largest absolute Gasteiger partial charge is 0.376 e. The molecule has 0 saturated carbocycles. The molecule has 0 unspecified atom stereocenters. The van der Waals surface area contributed by atoms with E-state index in [2.05, 4.69) is 29.3 Å². The first-order chi connectivity index (χ1) is 7.31. The van der Waals surface area contributed by atoms with Gasteiger partial charge in [-0.05, 0) is 18.4 Å². The van der Waals surface area contributed by atoms with Gasteiger partial charge in [-0.25, -0.2) is 0 Å². The van der Waals surface area contributed by atoms with Crippen LogP contribution < -0.4 is 5.73 Å². The molecule has 2 heterocycles. The van der Waals surface area contributed by atoms with E-state index < -0.39 is 0 Å². The molecule has 2 atom stereocenters. The van der Waals surface area contributed by atoms with Crippen LogP contribution in [0.1, 0.15) is 17.8 Å². The minimum Gasteiger partial charge on any atom is -0.376 e. The van der Waals surface area contributed by atoms with Crippen LogP contribution in [0.25, 0.3) is 0 Å². The third-order valence-corrected chi connectivity index (χ3v) is 3.78. The van der Waals surface area contributed by atoms with E-state index in [1.54, 1.807) is 11.3 Å². The van der Waals surface area contributed by atoms with Gasteiger partial charge in [0.1, 0.15) is 0 Å². The first kappa shape index (κ1) is 11.1. The molecule has 2 N–H and O–H groups in total. The van der Waals surface area contributed by atoms with Gasteiger partial charge < -0.3 is 10.5 Å². The topological polar surface area (TPSA) is 38.5 Å². The molecule has 3 nitrogen and oxygen atoms in total. The van der Waals surface area contributed by atoms with E-state index in [9.17, 15) is 0 Å². The van der Waals surface area contributed by atoms with Gasteiger partial charge in [0.25, 0.3) is 0 Å². The van der Waals surface area contributed by atoms with Crippen LogP contribution in [0.4, 0.5) is 0 Å². The van der Waals surface area contributed by atoms with Crippen LogP contribution in [-0.4, -0.2) is 37.2 Å². The van der Waals surface area contributed by atoms with Crippen molar-refractivity contribution < 1.29 is 4.74 Å². The van der Waals surface area contributed by atoms with Gasteiger partial charge in [-0.2, -0.15) is 0 Å². The van der Waals surface area contributed by atoms with Crippen LogP contribution in [0.5, 0.6) is 0 Å². The number of ether oxygens (including phenoxy) is 1. The second-order valence-electron chi connectivity index (χ2n) is 3.94. The zero-order valence-electron chi connectivity index (χ0n) is 9.06. The van der Waals surface area contributed by atoms with Gasteiger partial charge in [0.2, 0.25) is 0 Å². The molecule has 0 bridgehead atoms. The Bertz CT molecular complexity index is 289. The first-order valence-electron chi connectivity index (χ1n) is 5.40. The normalized spacial score (nSPS) is 25.3. The summed E-state index contributed by atoms with van der Waals surface area (Å²) in [7, 11) is 0. The highest BCUT2D eigenvalue weighted by atomic mass is 32.1. The molecule has 1 aromatic heterocycles. The average Bonchev–Trinajstić information content (AvgIpc) is 2.72. The third-order valence-electron chi connectivity index (χ3n) is 2.81. The Kier molecular flexibility index (Phi) is 3.75. The summed E-state index contributed by atoms with van der Waals surface area (Å²) in [6, 6.07) is 4.63. The van der Waals surface area contributed by atoms with Gasteiger partial charge in [0.15, 0.2) is 0 Å². The maximum atomic E-state index is 5.86. The lowest BCUT2D eigenvalue weighted by molar-refractivity contribution is -0.0328. The van der Waals surface area contributed by atoms with Crippen LogP contribution in [0.15, 0.2) is 17.5 Å². The maximum Gasteiger partial charge on any atom is 0.0674 e. The molecule has 0 aliphatic carbocycles. The van der Waals surface area contributed by atoms with Crippen molar-refractivity contribution in [3.8, 4) is 0 Å². The molecule has 0 spiro atoms. The molecule has 0 amide bonds. The number of morpholine rings is 1. The molecule has 2 rings (SSSR count). The standard InChI is InChI=1S/C11H18N2OS/c1-9-8-13(4-5-14-9)10(7-12)11-3-2-6-15-11/h2-3,6,9-10H,4-5,7-8,12H2,1H3/t9-,10+/m0/s1. The molecule has 1 aliphatic rings. The number of hydrogen-bond donors (Lipinski definition) is 1. The van der Waals surface area contributed by atoms with E-state index in [4.69, 9.17) is 10.5 Å². The summed E-state index contributed by atoms with van der Waals surface area (Å²) in [4.78, 5) is 3.80. The van der Waals surface area contributed by atoms with E-state index in [0.717, 1.165) is 19.7 Å². The lowest BCUT2D eigenvalue weighted by Crippen LogP contribution is -2.44. The summed E-state index contributed by atoms with van der Waals surface area (Å²) in [5.41, 5.74) is 5.86. The summed E-state index contributed by atoms with van der Waals surface area (Å²) in [5, 5.41) is 2.11. The average molecular weight is 226 g/mol. The lowest BCUT2D eigenvalue weighted by atomic mass is 10.1. The fourth-order valence-electron chi connectivity index (χ4n) is 2.05. The van der Waals surface area contributed by atoms with Crippen molar-refractivity contribution in [2.75, 3.05) is 26.2 Å². The monoisotopic (exact) mass is 226 g/mol. The van der Waals surface area contributed by atoms with E-state index in [1.165, 1.54) is 4.88 Å². The summed E-state index contributed by atoms with van der Waals surface area (Å²) >= 11 is 1.79. The van der Waals surface area contributed by atoms with Crippen molar-refractivity contribution in [1.82, 2.24) is 4.90 Å². The zero-order valence-corrected chi connectivity index (χ0v) is 9.87. The van der Waals surface area contributed by atoms with Crippen molar-refractivity contribution >= 4 is 11.3 Å². The molecule has 15 heavy (non-hydrogen) atoms. The molecular weight excluding hydrogens is 208 g/mol. The Labute approximate surface area is 94.8 Å². The summed E-state index contributed by atoms with van der Waals surface area (Å²) in [6.07, 6.45) is 0.327. The second kappa shape index (κ2) is 5.07. The first-order valence-corrected chi connectivity index (χ1v) is 6.28. The van der Waals surface area contributed by atoms with Crippen molar-refractivity contribution in [3.63, 3.8) is 0 Å². The SMILES string of the molecule is C[C@H]1CN([C@H](CN)c2cccs2)CCO1. The highest BCUT2D eigenvalue weighted by molar-refractivity contribution is 7.10.